The minimum absolute atomic E-state index is 0.208. The lowest BCUT2D eigenvalue weighted by Gasteiger charge is -2.41. The van der Waals surface area contributed by atoms with Crippen LogP contribution in [0.5, 0.6) is 0 Å². The number of rotatable bonds is 3. The van der Waals surface area contributed by atoms with E-state index in [1.54, 1.807) is 6.20 Å². The average molecular weight is 251 g/mol. The highest BCUT2D eigenvalue weighted by Crippen LogP contribution is 2.43. The Morgan fingerprint density at radius 2 is 2.11 bits per heavy atom. The lowest BCUT2D eigenvalue weighted by Crippen LogP contribution is -2.38. The normalized spacial score (nSPS) is 27.8. The first-order chi connectivity index (χ1) is 8.55. The van der Waals surface area contributed by atoms with Crippen molar-refractivity contribution < 1.29 is 9.50 Å². The van der Waals surface area contributed by atoms with Crippen LogP contribution in [0, 0.1) is 17.7 Å². The number of nitrogens with zero attached hydrogens (tertiary/aromatic N) is 1. The van der Waals surface area contributed by atoms with Gasteiger partial charge in [0.2, 0.25) is 0 Å². The smallest absolute Gasteiger partial charge is 0.141 e. The van der Waals surface area contributed by atoms with Crippen molar-refractivity contribution in [1.82, 2.24) is 4.98 Å². The van der Waals surface area contributed by atoms with Gasteiger partial charge in [-0.15, -0.1) is 0 Å². The monoisotopic (exact) mass is 251 g/mol. The van der Waals surface area contributed by atoms with E-state index in [4.69, 9.17) is 0 Å². The molecule has 2 nitrogen and oxygen atoms in total. The van der Waals surface area contributed by atoms with Crippen LogP contribution in [-0.2, 0) is 5.60 Å². The van der Waals surface area contributed by atoms with Crippen LogP contribution < -0.4 is 0 Å². The topological polar surface area (TPSA) is 33.1 Å². The van der Waals surface area contributed by atoms with Gasteiger partial charge in [-0.05, 0) is 31.2 Å². The summed E-state index contributed by atoms with van der Waals surface area (Å²) in [6.45, 7) is 3.98. The molecule has 0 spiro atoms. The number of aliphatic hydroxyl groups is 1. The molecule has 0 radical (unpaired) electrons. The highest BCUT2D eigenvalue weighted by atomic mass is 19.1. The number of hydrogen-bond acceptors (Lipinski definition) is 2. The molecular formula is C15H22FNO. The van der Waals surface area contributed by atoms with E-state index < -0.39 is 5.60 Å². The van der Waals surface area contributed by atoms with Crippen LogP contribution >= 0.6 is 0 Å². The zero-order chi connectivity index (χ0) is 13.2. The Hall–Kier alpha value is -0.960. The number of pyridine rings is 1. The van der Waals surface area contributed by atoms with Crippen molar-refractivity contribution in [2.24, 2.45) is 11.8 Å². The SMILES string of the molecule is CCC1CCCCC1C(C)(O)c1cncc(F)c1. The van der Waals surface area contributed by atoms with E-state index in [-0.39, 0.29) is 11.7 Å². The minimum atomic E-state index is -0.976. The zero-order valence-corrected chi connectivity index (χ0v) is 11.2. The maximum absolute atomic E-state index is 13.3. The molecule has 3 unspecified atom stereocenters. The number of hydrogen-bond donors (Lipinski definition) is 1. The van der Waals surface area contributed by atoms with Crippen molar-refractivity contribution in [2.45, 2.75) is 51.6 Å². The van der Waals surface area contributed by atoms with E-state index in [1.807, 2.05) is 6.92 Å². The molecule has 0 aromatic carbocycles. The molecule has 1 aromatic heterocycles. The second kappa shape index (κ2) is 5.35. The first-order valence-electron chi connectivity index (χ1n) is 6.89. The van der Waals surface area contributed by atoms with Gasteiger partial charge >= 0.3 is 0 Å². The van der Waals surface area contributed by atoms with E-state index in [1.165, 1.54) is 25.1 Å². The van der Waals surface area contributed by atoms with Gasteiger partial charge < -0.3 is 5.11 Å². The van der Waals surface area contributed by atoms with Gasteiger partial charge in [-0.2, -0.15) is 0 Å². The molecule has 1 aliphatic rings. The summed E-state index contributed by atoms with van der Waals surface area (Å²) in [7, 11) is 0. The molecule has 1 aliphatic carbocycles. The predicted molar refractivity (Wildman–Crippen MR) is 69.5 cm³/mol. The molecule has 3 heteroatoms. The molecule has 3 atom stereocenters. The number of aromatic nitrogens is 1. The van der Waals surface area contributed by atoms with Crippen molar-refractivity contribution in [3.63, 3.8) is 0 Å². The zero-order valence-electron chi connectivity index (χ0n) is 11.2. The van der Waals surface area contributed by atoms with Crippen molar-refractivity contribution in [3.8, 4) is 0 Å². The van der Waals surface area contributed by atoms with Gasteiger partial charge in [0.25, 0.3) is 0 Å². The van der Waals surface area contributed by atoms with Crippen LogP contribution in [0.4, 0.5) is 4.39 Å². The molecular weight excluding hydrogens is 229 g/mol. The number of halogens is 1. The lowest BCUT2D eigenvalue weighted by atomic mass is 9.68. The van der Waals surface area contributed by atoms with Crippen LogP contribution in [-0.4, -0.2) is 10.1 Å². The van der Waals surface area contributed by atoms with Crippen molar-refractivity contribution in [1.29, 1.82) is 0 Å². The quantitative estimate of drug-likeness (QED) is 0.889. The molecule has 1 N–H and O–H groups in total. The van der Waals surface area contributed by atoms with E-state index in [2.05, 4.69) is 11.9 Å². The van der Waals surface area contributed by atoms with E-state index in [0.29, 0.717) is 11.5 Å². The molecule has 0 bridgehead atoms. The molecule has 2 rings (SSSR count). The summed E-state index contributed by atoms with van der Waals surface area (Å²) < 4.78 is 13.3. The summed E-state index contributed by atoms with van der Waals surface area (Å²) in [4.78, 5) is 3.86. The van der Waals surface area contributed by atoms with Gasteiger partial charge in [0.15, 0.2) is 0 Å². The molecule has 0 saturated heterocycles. The second-order valence-electron chi connectivity index (χ2n) is 5.60. The maximum atomic E-state index is 13.3. The Balaban J connectivity index is 2.28. The van der Waals surface area contributed by atoms with Crippen molar-refractivity contribution in [3.05, 3.63) is 29.8 Å². The molecule has 18 heavy (non-hydrogen) atoms. The summed E-state index contributed by atoms with van der Waals surface area (Å²) in [5.41, 5.74) is -0.372. The Morgan fingerprint density at radius 3 is 2.78 bits per heavy atom. The Labute approximate surface area is 108 Å². The molecule has 0 amide bonds. The molecule has 0 aliphatic heterocycles. The van der Waals surface area contributed by atoms with Crippen LogP contribution in [0.3, 0.4) is 0 Å². The van der Waals surface area contributed by atoms with E-state index in [9.17, 15) is 9.50 Å². The molecule has 1 saturated carbocycles. The van der Waals surface area contributed by atoms with E-state index >= 15 is 0 Å². The Kier molecular flexibility index (Phi) is 4.00. The van der Waals surface area contributed by atoms with Gasteiger partial charge in [-0.25, -0.2) is 4.39 Å². The standard InChI is InChI=1S/C15H22FNO/c1-3-11-6-4-5-7-14(11)15(2,18)12-8-13(16)10-17-9-12/h8-11,14,18H,3-7H2,1-2H3. The minimum Gasteiger partial charge on any atom is -0.385 e. The highest BCUT2D eigenvalue weighted by molar-refractivity contribution is 5.19. The van der Waals surface area contributed by atoms with Crippen molar-refractivity contribution in [2.75, 3.05) is 0 Å². The largest absolute Gasteiger partial charge is 0.385 e. The van der Waals surface area contributed by atoms with Gasteiger partial charge in [-0.3, -0.25) is 4.98 Å². The van der Waals surface area contributed by atoms with Crippen LogP contribution in [0.15, 0.2) is 18.5 Å². The van der Waals surface area contributed by atoms with Gasteiger partial charge in [0, 0.05) is 11.8 Å². The summed E-state index contributed by atoms with van der Waals surface area (Å²) in [6.07, 6.45) is 8.42. The summed E-state index contributed by atoms with van der Waals surface area (Å²) in [5, 5.41) is 10.8. The lowest BCUT2D eigenvalue weighted by molar-refractivity contribution is -0.0493. The molecule has 1 fully saturated rings. The van der Waals surface area contributed by atoms with E-state index in [0.717, 1.165) is 19.3 Å². The third-order valence-electron chi connectivity index (χ3n) is 4.44. The Bertz CT molecular complexity index is 405. The van der Waals surface area contributed by atoms with Crippen LogP contribution in [0.25, 0.3) is 0 Å². The fourth-order valence-electron chi connectivity index (χ4n) is 3.34. The van der Waals surface area contributed by atoms with Gasteiger partial charge in [0.1, 0.15) is 5.82 Å². The average Bonchev–Trinajstić information content (AvgIpc) is 2.38. The van der Waals surface area contributed by atoms with Crippen molar-refractivity contribution >= 4 is 0 Å². The third-order valence-corrected chi connectivity index (χ3v) is 4.44. The van der Waals surface area contributed by atoms with Crippen LogP contribution in [0.2, 0.25) is 0 Å². The summed E-state index contributed by atoms with van der Waals surface area (Å²) in [6, 6.07) is 1.41. The highest BCUT2D eigenvalue weighted by Gasteiger charge is 2.39. The molecule has 1 aromatic rings. The summed E-state index contributed by atoms with van der Waals surface area (Å²) in [5.74, 6) is 0.355. The fourth-order valence-corrected chi connectivity index (χ4v) is 3.34. The fraction of sp³-hybridized carbons (Fsp3) is 0.667. The third kappa shape index (κ3) is 2.56. The maximum Gasteiger partial charge on any atom is 0.141 e. The molecule has 1 heterocycles. The first kappa shape index (κ1) is 13.5. The predicted octanol–water partition coefficient (Wildman–Crippen LogP) is 3.64. The van der Waals surface area contributed by atoms with Gasteiger partial charge in [0.05, 0.1) is 11.8 Å². The first-order valence-corrected chi connectivity index (χ1v) is 6.89. The summed E-state index contributed by atoms with van der Waals surface area (Å²) >= 11 is 0. The molecule has 100 valence electrons. The van der Waals surface area contributed by atoms with Crippen LogP contribution in [0.1, 0.15) is 51.5 Å². The Morgan fingerprint density at radius 1 is 1.39 bits per heavy atom. The van der Waals surface area contributed by atoms with Gasteiger partial charge in [-0.1, -0.05) is 32.6 Å². The second-order valence-corrected chi connectivity index (χ2v) is 5.60.